The maximum Gasteiger partial charge on any atom is 0.341 e. The highest BCUT2D eigenvalue weighted by atomic mass is 35.5. The first-order chi connectivity index (χ1) is 23.3. The molecule has 0 bridgehead atoms. The predicted molar refractivity (Wildman–Crippen MR) is 200 cm³/mol. The molecular formula is C41H52ClNO6S. The number of sulfonamides is 1. The molecule has 1 spiro atoms. The fourth-order valence-corrected chi connectivity index (χ4v) is 9.15. The molecule has 2 heterocycles. The largest absolute Gasteiger partial charge is 0.480 e. The van der Waals surface area contributed by atoms with Gasteiger partial charge in [-0.1, -0.05) is 108 Å². The van der Waals surface area contributed by atoms with E-state index >= 15 is 0 Å². The van der Waals surface area contributed by atoms with Crippen LogP contribution in [0.25, 0.3) is 0 Å². The molecule has 1 N–H and O–H groups in total. The van der Waals surface area contributed by atoms with E-state index in [2.05, 4.69) is 60.3 Å². The average Bonchev–Trinajstić information content (AvgIpc) is 3.04. The van der Waals surface area contributed by atoms with E-state index in [0.717, 1.165) is 28.7 Å². The monoisotopic (exact) mass is 721 g/mol. The molecule has 0 aliphatic carbocycles. The Morgan fingerprint density at radius 3 is 2.12 bits per heavy atom. The van der Waals surface area contributed by atoms with Crippen LogP contribution in [-0.2, 0) is 36.8 Å². The highest BCUT2D eigenvalue weighted by molar-refractivity contribution is 7.89. The molecule has 2 aliphatic rings. The third-order valence-electron chi connectivity index (χ3n) is 10.5. The van der Waals surface area contributed by atoms with Crippen LogP contribution in [0.5, 0.6) is 5.75 Å². The Morgan fingerprint density at radius 2 is 1.58 bits per heavy atom. The molecule has 3 aromatic carbocycles. The number of piperidine rings is 1. The lowest BCUT2D eigenvalue weighted by molar-refractivity contribution is -0.166. The number of carbonyl (C=O) groups is 1. The van der Waals surface area contributed by atoms with Crippen molar-refractivity contribution in [3.05, 3.63) is 106 Å². The normalized spacial score (nSPS) is 21.6. The summed E-state index contributed by atoms with van der Waals surface area (Å²) in [6.07, 6.45) is 1.87. The van der Waals surface area contributed by atoms with E-state index in [1.807, 2.05) is 49.4 Å². The quantitative estimate of drug-likeness (QED) is 0.222. The Morgan fingerprint density at radius 1 is 0.980 bits per heavy atom. The first kappa shape index (κ1) is 38.1. The molecule has 3 aromatic rings. The van der Waals surface area contributed by atoms with Gasteiger partial charge < -0.3 is 14.6 Å². The summed E-state index contributed by atoms with van der Waals surface area (Å²) < 4.78 is 42.6. The lowest BCUT2D eigenvalue weighted by Gasteiger charge is -2.53. The van der Waals surface area contributed by atoms with Crippen molar-refractivity contribution in [3.63, 3.8) is 0 Å². The van der Waals surface area contributed by atoms with Gasteiger partial charge in [0.15, 0.2) is 6.61 Å². The van der Waals surface area contributed by atoms with Crippen molar-refractivity contribution in [2.45, 2.75) is 102 Å². The molecule has 50 heavy (non-hydrogen) atoms. The summed E-state index contributed by atoms with van der Waals surface area (Å²) in [5.74, 6) is -0.930. The van der Waals surface area contributed by atoms with Crippen LogP contribution in [0.4, 0.5) is 0 Å². The Labute approximate surface area is 303 Å². The van der Waals surface area contributed by atoms with Gasteiger partial charge in [-0.15, -0.1) is 0 Å². The van der Waals surface area contributed by atoms with Gasteiger partial charge >= 0.3 is 5.97 Å². The molecule has 5 rings (SSSR count). The van der Waals surface area contributed by atoms with Crippen LogP contribution in [0.3, 0.4) is 0 Å². The number of benzene rings is 3. The number of rotatable bonds is 9. The van der Waals surface area contributed by atoms with Gasteiger partial charge in [0.1, 0.15) is 5.75 Å². The number of hydrogen-bond donors (Lipinski definition) is 1. The molecule has 270 valence electrons. The molecule has 2 aliphatic heterocycles. The van der Waals surface area contributed by atoms with Gasteiger partial charge in [-0.25, -0.2) is 13.2 Å². The first-order valence-corrected chi connectivity index (χ1v) is 19.3. The standard InChI is InChI=1S/C41H52ClNO6S/c1-27(2)33-25-41(18-20-43(21-19-41)50(46,47)31-16-14-29(15-17-31)39(3,4)5)35(22-28-12-10-9-11-13-28)49-37(33)32-23-30(40(6,7)8)24-34(42)38(32)48-26-36(44)45/h9-17,23-24,33,35,37H,1,18-22,25-26H2,2-8H3,(H,44,45)/t33-,35+,37-/m0/s1. The Bertz CT molecular complexity index is 1800. The van der Waals surface area contributed by atoms with E-state index < -0.39 is 28.7 Å². The second-order valence-electron chi connectivity index (χ2n) is 16.2. The minimum Gasteiger partial charge on any atom is -0.480 e. The van der Waals surface area contributed by atoms with Gasteiger partial charge in [0.25, 0.3) is 0 Å². The number of aliphatic carboxylic acids is 1. The van der Waals surface area contributed by atoms with Crippen molar-refractivity contribution < 1.29 is 27.8 Å². The van der Waals surface area contributed by atoms with Crippen LogP contribution in [0, 0.1) is 11.3 Å². The van der Waals surface area contributed by atoms with Crippen molar-refractivity contribution >= 4 is 27.6 Å². The van der Waals surface area contributed by atoms with Crippen molar-refractivity contribution in [2.75, 3.05) is 19.7 Å². The van der Waals surface area contributed by atoms with Crippen molar-refractivity contribution in [3.8, 4) is 5.75 Å². The van der Waals surface area contributed by atoms with E-state index in [1.165, 1.54) is 0 Å². The number of nitrogens with zero attached hydrogens (tertiary/aromatic N) is 1. The Balaban J connectivity index is 1.52. The van der Waals surface area contributed by atoms with Crippen molar-refractivity contribution in [1.82, 2.24) is 4.31 Å². The van der Waals surface area contributed by atoms with Gasteiger partial charge in [-0.3, -0.25) is 0 Å². The zero-order chi connectivity index (χ0) is 36.6. The highest BCUT2D eigenvalue weighted by Crippen LogP contribution is 2.56. The van der Waals surface area contributed by atoms with Crippen LogP contribution in [0.15, 0.2) is 83.8 Å². The third-order valence-corrected chi connectivity index (χ3v) is 12.7. The molecule has 0 amide bonds. The second kappa shape index (κ2) is 14.5. The molecule has 0 radical (unpaired) electrons. The van der Waals surface area contributed by atoms with Gasteiger partial charge in [-0.2, -0.15) is 4.31 Å². The Hall–Kier alpha value is -3.17. The number of carboxylic acids is 1. The van der Waals surface area contributed by atoms with Gasteiger partial charge in [0.2, 0.25) is 10.0 Å². The molecule has 7 nitrogen and oxygen atoms in total. The van der Waals surface area contributed by atoms with Crippen LogP contribution in [0.1, 0.15) is 96.1 Å². The molecular weight excluding hydrogens is 670 g/mol. The lowest BCUT2D eigenvalue weighted by Crippen LogP contribution is -2.53. The number of hydrogen-bond acceptors (Lipinski definition) is 5. The maximum absolute atomic E-state index is 13.9. The van der Waals surface area contributed by atoms with Gasteiger partial charge in [-0.05, 0) is 84.4 Å². The summed E-state index contributed by atoms with van der Waals surface area (Å²) in [4.78, 5) is 11.9. The summed E-state index contributed by atoms with van der Waals surface area (Å²) in [6, 6.07) is 21.4. The topological polar surface area (TPSA) is 93.1 Å². The summed E-state index contributed by atoms with van der Waals surface area (Å²) in [7, 11) is -3.69. The lowest BCUT2D eigenvalue weighted by atomic mass is 9.63. The summed E-state index contributed by atoms with van der Waals surface area (Å²) in [6.45, 7) is 19.3. The van der Waals surface area contributed by atoms with Gasteiger partial charge in [0, 0.05) is 30.0 Å². The maximum atomic E-state index is 13.9. The van der Waals surface area contributed by atoms with E-state index in [1.54, 1.807) is 16.4 Å². The Kier molecular flexibility index (Phi) is 11.0. The van der Waals surface area contributed by atoms with Gasteiger partial charge in [0.05, 0.1) is 22.1 Å². The minimum absolute atomic E-state index is 0.0746. The molecule has 2 saturated heterocycles. The predicted octanol–water partition coefficient (Wildman–Crippen LogP) is 9.13. The fourth-order valence-electron chi connectivity index (χ4n) is 7.43. The average molecular weight is 722 g/mol. The third kappa shape index (κ3) is 8.14. The second-order valence-corrected chi connectivity index (χ2v) is 18.6. The van der Waals surface area contributed by atoms with E-state index in [9.17, 15) is 18.3 Å². The molecule has 0 saturated carbocycles. The number of ether oxygens (including phenoxy) is 2. The molecule has 3 atom stereocenters. The zero-order valence-corrected chi connectivity index (χ0v) is 32.0. The SMILES string of the molecule is C=C(C)[C@@H]1CC2(CCN(S(=O)(=O)c3ccc(C(C)(C)C)cc3)CC2)[C@@H](Cc2ccccc2)O[C@H]1c1cc(C(C)(C)C)cc(Cl)c1OCC(=O)O. The number of halogens is 1. The van der Waals surface area contributed by atoms with E-state index in [4.69, 9.17) is 21.1 Å². The summed E-state index contributed by atoms with van der Waals surface area (Å²) >= 11 is 6.86. The first-order valence-electron chi connectivity index (χ1n) is 17.5. The molecule has 9 heteroatoms. The molecule has 0 unspecified atom stereocenters. The smallest absolute Gasteiger partial charge is 0.341 e. The van der Waals surface area contributed by atoms with Crippen LogP contribution < -0.4 is 4.74 Å². The minimum atomic E-state index is -3.69. The number of carboxylic acid groups (broad SMARTS) is 1. The fraction of sp³-hybridized carbons (Fsp3) is 0.488. The van der Waals surface area contributed by atoms with Crippen molar-refractivity contribution in [1.29, 1.82) is 0 Å². The summed E-state index contributed by atoms with van der Waals surface area (Å²) in [5.41, 5.74) is 4.20. The zero-order valence-electron chi connectivity index (χ0n) is 30.5. The van der Waals surface area contributed by atoms with Crippen LogP contribution in [0.2, 0.25) is 5.02 Å². The molecule has 0 aromatic heterocycles. The van der Waals surface area contributed by atoms with Crippen molar-refractivity contribution in [2.24, 2.45) is 11.3 Å². The highest BCUT2D eigenvalue weighted by Gasteiger charge is 2.52. The molecule has 2 fully saturated rings. The van der Waals surface area contributed by atoms with E-state index in [0.29, 0.717) is 53.6 Å². The summed E-state index contributed by atoms with van der Waals surface area (Å²) in [5, 5.41) is 9.84. The van der Waals surface area contributed by atoms with E-state index in [-0.39, 0.29) is 28.3 Å². The van der Waals surface area contributed by atoms with Crippen LogP contribution in [-0.4, -0.2) is 49.6 Å². The van der Waals surface area contributed by atoms with Crippen LogP contribution >= 0.6 is 11.6 Å².